The minimum absolute atomic E-state index is 0.144. The number of pyridine rings is 1. The van der Waals surface area contributed by atoms with Crippen LogP contribution in [0.1, 0.15) is 27.4 Å². The first-order chi connectivity index (χ1) is 9.61. The third kappa shape index (κ3) is 2.78. The lowest BCUT2D eigenvalue weighted by atomic mass is 10.1. The summed E-state index contributed by atoms with van der Waals surface area (Å²) in [6.07, 6.45) is 2.72. The molecule has 20 heavy (non-hydrogen) atoms. The molecule has 0 bridgehead atoms. The van der Waals surface area contributed by atoms with Crippen LogP contribution in [0, 0.1) is 13.8 Å². The van der Waals surface area contributed by atoms with Gasteiger partial charge in [-0.2, -0.15) is 0 Å². The number of furan rings is 1. The fourth-order valence-corrected chi connectivity index (χ4v) is 2.80. The molecule has 0 spiro atoms. The van der Waals surface area contributed by atoms with Crippen LogP contribution in [-0.2, 0) is 6.42 Å². The van der Waals surface area contributed by atoms with E-state index >= 15 is 0 Å². The van der Waals surface area contributed by atoms with Gasteiger partial charge in [-0.3, -0.25) is 4.98 Å². The Hall–Kier alpha value is -1.61. The van der Waals surface area contributed by atoms with Crippen LogP contribution in [0.25, 0.3) is 11.0 Å². The van der Waals surface area contributed by atoms with Gasteiger partial charge in [-0.05, 0) is 43.7 Å². The van der Waals surface area contributed by atoms with Crippen molar-refractivity contribution in [3.8, 4) is 0 Å². The molecule has 0 aliphatic heterocycles. The molecular weight excluding hydrogens is 314 g/mol. The molecule has 2 aromatic heterocycles. The van der Waals surface area contributed by atoms with Crippen molar-refractivity contribution < 1.29 is 4.42 Å². The predicted octanol–water partition coefficient (Wildman–Crippen LogP) is 5.12. The maximum absolute atomic E-state index is 5.91. The predicted molar refractivity (Wildman–Crippen MR) is 85.3 cm³/mol. The molecule has 3 heteroatoms. The van der Waals surface area contributed by atoms with Gasteiger partial charge >= 0.3 is 0 Å². The van der Waals surface area contributed by atoms with E-state index < -0.39 is 0 Å². The highest BCUT2D eigenvalue weighted by Gasteiger charge is 2.14. The summed E-state index contributed by atoms with van der Waals surface area (Å²) in [5, 5.41) is 1.15. The second kappa shape index (κ2) is 5.41. The molecule has 1 unspecified atom stereocenters. The van der Waals surface area contributed by atoms with E-state index in [2.05, 4.69) is 58.2 Å². The first-order valence-corrected chi connectivity index (χ1v) is 7.59. The van der Waals surface area contributed by atoms with Gasteiger partial charge in [0, 0.05) is 23.7 Å². The highest BCUT2D eigenvalue weighted by Crippen LogP contribution is 2.31. The van der Waals surface area contributed by atoms with Crippen molar-refractivity contribution in [2.75, 3.05) is 0 Å². The largest absolute Gasteiger partial charge is 0.460 e. The van der Waals surface area contributed by atoms with Crippen molar-refractivity contribution in [2.45, 2.75) is 25.1 Å². The number of rotatable bonds is 3. The summed E-state index contributed by atoms with van der Waals surface area (Å²) in [7, 11) is 0. The van der Waals surface area contributed by atoms with Gasteiger partial charge in [-0.25, -0.2) is 0 Å². The Balaban J connectivity index is 1.84. The highest BCUT2D eigenvalue weighted by molar-refractivity contribution is 9.09. The van der Waals surface area contributed by atoms with E-state index in [1.807, 2.05) is 19.2 Å². The summed E-state index contributed by atoms with van der Waals surface area (Å²) in [6.45, 7) is 4.14. The van der Waals surface area contributed by atoms with E-state index in [1.54, 1.807) is 0 Å². The molecule has 0 amide bonds. The smallest absolute Gasteiger partial charge is 0.134 e. The van der Waals surface area contributed by atoms with Crippen molar-refractivity contribution in [1.29, 1.82) is 0 Å². The zero-order valence-corrected chi connectivity index (χ0v) is 13.1. The third-order valence-corrected chi connectivity index (χ3v) is 4.14. The molecule has 0 aliphatic carbocycles. The van der Waals surface area contributed by atoms with Crippen LogP contribution in [0.5, 0.6) is 0 Å². The van der Waals surface area contributed by atoms with E-state index in [-0.39, 0.29) is 4.83 Å². The zero-order chi connectivity index (χ0) is 14.1. The number of halogens is 1. The zero-order valence-electron chi connectivity index (χ0n) is 11.6. The van der Waals surface area contributed by atoms with Crippen molar-refractivity contribution in [2.24, 2.45) is 0 Å². The molecule has 0 saturated carbocycles. The first kappa shape index (κ1) is 13.4. The third-order valence-electron chi connectivity index (χ3n) is 3.36. The van der Waals surface area contributed by atoms with Crippen LogP contribution in [0.4, 0.5) is 0 Å². The summed E-state index contributed by atoms with van der Waals surface area (Å²) in [5.41, 5.74) is 4.43. The van der Waals surface area contributed by atoms with Crippen LogP contribution in [0.2, 0.25) is 0 Å². The molecule has 2 heterocycles. The van der Waals surface area contributed by atoms with Gasteiger partial charge in [-0.15, -0.1) is 0 Å². The molecule has 102 valence electrons. The molecular formula is C17H16BrNO. The Kier molecular flexibility index (Phi) is 3.62. The van der Waals surface area contributed by atoms with E-state index in [0.717, 1.165) is 28.8 Å². The number of nitrogens with zero attached hydrogens (tertiary/aromatic N) is 1. The molecule has 0 aliphatic rings. The topological polar surface area (TPSA) is 26.0 Å². The summed E-state index contributed by atoms with van der Waals surface area (Å²) < 4.78 is 5.91. The lowest BCUT2D eigenvalue weighted by Gasteiger charge is -2.06. The van der Waals surface area contributed by atoms with E-state index in [4.69, 9.17) is 4.42 Å². The van der Waals surface area contributed by atoms with Gasteiger partial charge in [-0.1, -0.05) is 33.6 Å². The van der Waals surface area contributed by atoms with Crippen LogP contribution in [-0.4, -0.2) is 4.98 Å². The van der Waals surface area contributed by atoms with E-state index in [0.29, 0.717) is 0 Å². The molecule has 1 atom stereocenters. The van der Waals surface area contributed by atoms with Gasteiger partial charge in [0.2, 0.25) is 0 Å². The SMILES string of the molecule is Cc1ccc(CC(Br)c2cc3cc(C)ccc3o2)nc1. The van der Waals surface area contributed by atoms with Gasteiger partial charge in [0.25, 0.3) is 0 Å². The van der Waals surface area contributed by atoms with Crippen molar-refractivity contribution in [1.82, 2.24) is 4.98 Å². The number of hydrogen-bond donors (Lipinski definition) is 0. The molecule has 2 nitrogen and oxygen atoms in total. The summed E-state index contributed by atoms with van der Waals surface area (Å²) in [6, 6.07) is 12.5. The Morgan fingerprint density at radius 1 is 1.10 bits per heavy atom. The maximum atomic E-state index is 5.91. The number of alkyl halides is 1. The molecule has 1 aromatic carbocycles. The minimum atomic E-state index is 0.144. The first-order valence-electron chi connectivity index (χ1n) is 6.67. The maximum Gasteiger partial charge on any atom is 0.134 e. The highest BCUT2D eigenvalue weighted by atomic mass is 79.9. The fourth-order valence-electron chi connectivity index (χ4n) is 2.24. The van der Waals surface area contributed by atoms with Gasteiger partial charge < -0.3 is 4.42 Å². The Bertz CT molecular complexity index is 730. The molecule has 0 radical (unpaired) electrons. The second-order valence-electron chi connectivity index (χ2n) is 5.19. The minimum Gasteiger partial charge on any atom is -0.460 e. The standard InChI is InChI=1S/C17H16BrNO/c1-11-4-6-16-13(7-11)8-17(20-16)15(18)9-14-5-3-12(2)10-19-14/h3-8,10,15H,9H2,1-2H3. The van der Waals surface area contributed by atoms with E-state index in [1.165, 1.54) is 11.1 Å². The number of hydrogen-bond acceptors (Lipinski definition) is 2. The van der Waals surface area contributed by atoms with Crippen LogP contribution in [0.3, 0.4) is 0 Å². The Labute approximate surface area is 127 Å². The van der Waals surface area contributed by atoms with Crippen LogP contribution >= 0.6 is 15.9 Å². The fraction of sp³-hybridized carbons (Fsp3) is 0.235. The Morgan fingerprint density at radius 2 is 1.90 bits per heavy atom. The van der Waals surface area contributed by atoms with Crippen molar-refractivity contribution in [3.05, 3.63) is 65.2 Å². The van der Waals surface area contributed by atoms with Gasteiger partial charge in [0.1, 0.15) is 11.3 Å². The molecule has 3 rings (SSSR count). The number of aryl methyl sites for hydroxylation is 2. The monoisotopic (exact) mass is 329 g/mol. The van der Waals surface area contributed by atoms with Gasteiger partial charge in [0.15, 0.2) is 0 Å². The average molecular weight is 330 g/mol. The lowest BCUT2D eigenvalue weighted by Crippen LogP contribution is -1.96. The number of aromatic nitrogens is 1. The lowest BCUT2D eigenvalue weighted by molar-refractivity contribution is 0.544. The summed E-state index contributed by atoms with van der Waals surface area (Å²) in [5.74, 6) is 0.952. The van der Waals surface area contributed by atoms with Crippen LogP contribution < -0.4 is 0 Å². The molecule has 0 N–H and O–H groups in total. The normalized spacial score (nSPS) is 12.8. The van der Waals surface area contributed by atoms with Gasteiger partial charge in [0.05, 0.1) is 4.83 Å². The molecule has 3 aromatic rings. The van der Waals surface area contributed by atoms with Crippen molar-refractivity contribution >= 4 is 26.9 Å². The number of fused-ring (bicyclic) bond motifs is 1. The van der Waals surface area contributed by atoms with Crippen molar-refractivity contribution in [3.63, 3.8) is 0 Å². The molecule has 0 fully saturated rings. The van der Waals surface area contributed by atoms with E-state index in [9.17, 15) is 0 Å². The Morgan fingerprint density at radius 3 is 2.65 bits per heavy atom. The summed E-state index contributed by atoms with van der Waals surface area (Å²) >= 11 is 3.70. The number of benzene rings is 1. The summed E-state index contributed by atoms with van der Waals surface area (Å²) in [4.78, 5) is 4.58. The second-order valence-corrected chi connectivity index (χ2v) is 6.29. The van der Waals surface area contributed by atoms with Crippen LogP contribution in [0.15, 0.2) is 47.0 Å². The quantitative estimate of drug-likeness (QED) is 0.623. The average Bonchev–Trinajstić information content (AvgIpc) is 2.84. The molecule has 0 saturated heterocycles.